The minimum Gasteiger partial charge on any atom is -0.493 e. The van der Waals surface area contributed by atoms with Crippen LogP contribution in [0.2, 0.25) is 5.02 Å². The molecule has 2 N–H and O–H groups in total. The highest BCUT2D eigenvalue weighted by Gasteiger charge is 2.16. The van der Waals surface area contributed by atoms with Gasteiger partial charge in [0, 0.05) is 0 Å². The van der Waals surface area contributed by atoms with Crippen molar-refractivity contribution in [3.63, 3.8) is 0 Å². The minimum absolute atomic E-state index is 0.186. The predicted octanol–water partition coefficient (Wildman–Crippen LogP) is 3.47. The number of hydrazone groups is 1. The Labute approximate surface area is 218 Å². The predicted molar refractivity (Wildman–Crippen MR) is 137 cm³/mol. The van der Waals surface area contributed by atoms with Crippen molar-refractivity contribution in [1.82, 2.24) is 10.7 Å². The van der Waals surface area contributed by atoms with Crippen molar-refractivity contribution in [1.29, 1.82) is 0 Å². The zero-order chi connectivity index (χ0) is 26.8. The molecule has 0 unspecified atom stereocenters. The second-order valence-corrected chi connectivity index (χ2v) is 7.73. The fourth-order valence-electron chi connectivity index (χ4n) is 3.09. The highest BCUT2D eigenvalue weighted by Crippen LogP contribution is 2.31. The Morgan fingerprint density at radius 1 is 0.865 bits per heavy atom. The van der Waals surface area contributed by atoms with Crippen LogP contribution in [0.25, 0.3) is 0 Å². The average molecular weight is 526 g/mol. The van der Waals surface area contributed by atoms with Crippen molar-refractivity contribution in [2.24, 2.45) is 5.10 Å². The Balaban J connectivity index is 1.58. The first-order valence-corrected chi connectivity index (χ1v) is 11.2. The van der Waals surface area contributed by atoms with Crippen LogP contribution in [0.1, 0.15) is 26.3 Å². The molecule has 37 heavy (non-hydrogen) atoms. The Morgan fingerprint density at radius 3 is 2.24 bits per heavy atom. The van der Waals surface area contributed by atoms with Gasteiger partial charge in [0.15, 0.2) is 23.0 Å². The quantitative estimate of drug-likeness (QED) is 0.180. The number of carbonyl (C=O) groups is 3. The normalized spacial score (nSPS) is 10.5. The molecule has 3 aromatic rings. The summed E-state index contributed by atoms with van der Waals surface area (Å²) in [6.07, 6.45) is 1.37. The monoisotopic (exact) mass is 525 g/mol. The van der Waals surface area contributed by atoms with E-state index < -0.39 is 17.8 Å². The molecule has 3 rings (SSSR count). The molecular formula is C26H24ClN3O7. The number of hydrogen-bond donors (Lipinski definition) is 2. The maximum absolute atomic E-state index is 12.6. The van der Waals surface area contributed by atoms with Gasteiger partial charge in [0.2, 0.25) is 0 Å². The van der Waals surface area contributed by atoms with Crippen molar-refractivity contribution in [2.75, 3.05) is 27.9 Å². The third-order valence-electron chi connectivity index (χ3n) is 4.94. The Hall–Kier alpha value is -4.57. The van der Waals surface area contributed by atoms with Gasteiger partial charge in [-0.3, -0.25) is 9.59 Å². The van der Waals surface area contributed by atoms with Gasteiger partial charge in [-0.1, -0.05) is 23.7 Å². The lowest BCUT2D eigenvalue weighted by molar-refractivity contribution is -0.120. The summed E-state index contributed by atoms with van der Waals surface area (Å²) < 4.78 is 21.2. The van der Waals surface area contributed by atoms with Gasteiger partial charge >= 0.3 is 5.97 Å². The molecule has 0 spiro atoms. The molecule has 0 aliphatic carbocycles. The van der Waals surface area contributed by atoms with Crippen LogP contribution in [0, 0.1) is 0 Å². The third kappa shape index (κ3) is 7.21. The second kappa shape index (κ2) is 12.9. The standard InChI is InChI=1S/C26H24ClN3O7/c1-34-20-11-9-17(13-23(20)36-3)26(33)37-21-10-8-16(12-22(21)35-2)14-29-30-24(31)15-28-25(32)18-6-4-5-7-19(18)27/h4-14H,15H2,1-3H3,(H,28,32)(H,30,31). The van der Waals surface area contributed by atoms with Crippen molar-refractivity contribution >= 4 is 35.6 Å². The molecule has 0 saturated heterocycles. The molecule has 0 atom stereocenters. The molecule has 192 valence electrons. The van der Waals surface area contributed by atoms with Gasteiger partial charge in [-0.15, -0.1) is 0 Å². The molecule has 0 aliphatic heterocycles. The summed E-state index contributed by atoms with van der Waals surface area (Å²) in [5, 5.41) is 6.62. The molecule has 11 heteroatoms. The number of methoxy groups -OCH3 is 3. The highest BCUT2D eigenvalue weighted by molar-refractivity contribution is 6.33. The van der Waals surface area contributed by atoms with E-state index in [9.17, 15) is 14.4 Å². The van der Waals surface area contributed by atoms with Crippen molar-refractivity contribution < 1.29 is 33.3 Å². The minimum atomic E-state index is -0.619. The zero-order valence-electron chi connectivity index (χ0n) is 20.2. The Morgan fingerprint density at radius 2 is 1.54 bits per heavy atom. The van der Waals surface area contributed by atoms with Gasteiger partial charge in [0.1, 0.15) is 0 Å². The summed E-state index contributed by atoms with van der Waals surface area (Å²) in [6.45, 7) is -0.296. The molecule has 0 saturated carbocycles. The first-order valence-electron chi connectivity index (χ1n) is 10.8. The average Bonchev–Trinajstić information content (AvgIpc) is 2.92. The molecule has 10 nitrogen and oxygen atoms in total. The summed E-state index contributed by atoms with van der Waals surface area (Å²) in [4.78, 5) is 36.7. The number of rotatable bonds is 10. The van der Waals surface area contributed by atoms with E-state index in [1.807, 2.05) is 0 Å². The maximum atomic E-state index is 12.6. The molecule has 0 bridgehead atoms. The number of halogens is 1. The fourth-order valence-corrected chi connectivity index (χ4v) is 3.31. The number of hydrogen-bond acceptors (Lipinski definition) is 8. The SMILES string of the molecule is COc1ccc(C(=O)Oc2ccc(C=NNC(=O)CNC(=O)c3ccccc3Cl)cc2OC)cc1OC. The molecule has 0 aliphatic rings. The summed E-state index contributed by atoms with van der Waals surface area (Å²) in [7, 11) is 4.39. The van der Waals surface area contributed by atoms with Crippen LogP contribution >= 0.6 is 11.6 Å². The first kappa shape index (κ1) is 27.0. The van der Waals surface area contributed by atoms with E-state index in [0.29, 0.717) is 17.1 Å². The van der Waals surface area contributed by atoms with Gasteiger partial charge in [0.05, 0.1) is 50.2 Å². The Kier molecular flexibility index (Phi) is 9.45. The fraction of sp³-hybridized carbons (Fsp3) is 0.154. The van der Waals surface area contributed by atoms with Crippen LogP contribution < -0.4 is 29.7 Å². The number of nitrogens with zero attached hydrogens (tertiary/aromatic N) is 1. The lowest BCUT2D eigenvalue weighted by Gasteiger charge is -2.11. The molecule has 3 aromatic carbocycles. The van der Waals surface area contributed by atoms with Crippen LogP contribution in [-0.2, 0) is 4.79 Å². The molecule has 2 amide bonds. The molecular weight excluding hydrogens is 502 g/mol. The lowest BCUT2D eigenvalue weighted by atomic mass is 10.2. The molecule has 0 aromatic heterocycles. The summed E-state index contributed by atoms with van der Waals surface area (Å²) in [5.41, 5.74) is 3.39. The lowest BCUT2D eigenvalue weighted by Crippen LogP contribution is -2.35. The van der Waals surface area contributed by atoms with Gasteiger partial charge < -0.3 is 24.3 Å². The maximum Gasteiger partial charge on any atom is 0.343 e. The van der Waals surface area contributed by atoms with Crippen molar-refractivity contribution in [3.05, 3.63) is 82.4 Å². The summed E-state index contributed by atoms with van der Waals surface area (Å²) >= 11 is 5.97. The molecule has 0 radical (unpaired) electrons. The van der Waals surface area contributed by atoms with Crippen LogP contribution in [0.15, 0.2) is 65.8 Å². The van der Waals surface area contributed by atoms with Gasteiger partial charge in [-0.25, -0.2) is 10.2 Å². The number of amides is 2. The number of benzene rings is 3. The first-order chi connectivity index (χ1) is 17.9. The van der Waals surface area contributed by atoms with E-state index in [1.165, 1.54) is 39.7 Å². The highest BCUT2D eigenvalue weighted by atomic mass is 35.5. The second-order valence-electron chi connectivity index (χ2n) is 7.33. The molecule has 0 fully saturated rings. The van der Waals surface area contributed by atoms with E-state index in [2.05, 4.69) is 15.8 Å². The third-order valence-corrected chi connectivity index (χ3v) is 5.27. The van der Waals surface area contributed by atoms with Gasteiger partial charge in [-0.05, 0) is 54.1 Å². The van der Waals surface area contributed by atoms with Crippen LogP contribution in [0.4, 0.5) is 0 Å². The van der Waals surface area contributed by atoms with E-state index in [4.69, 9.17) is 30.5 Å². The van der Waals surface area contributed by atoms with E-state index in [-0.39, 0.29) is 34.2 Å². The van der Waals surface area contributed by atoms with Gasteiger partial charge in [-0.2, -0.15) is 5.10 Å². The van der Waals surface area contributed by atoms with Crippen LogP contribution in [-0.4, -0.2) is 51.9 Å². The smallest absolute Gasteiger partial charge is 0.343 e. The van der Waals surface area contributed by atoms with E-state index in [1.54, 1.807) is 48.5 Å². The molecule has 0 heterocycles. The zero-order valence-corrected chi connectivity index (χ0v) is 21.0. The summed E-state index contributed by atoms with van der Waals surface area (Å²) in [5.74, 6) is -0.304. The van der Waals surface area contributed by atoms with Crippen molar-refractivity contribution in [3.8, 4) is 23.0 Å². The van der Waals surface area contributed by atoms with Crippen LogP contribution in [0.3, 0.4) is 0 Å². The van der Waals surface area contributed by atoms with Crippen LogP contribution in [0.5, 0.6) is 23.0 Å². The number of ether oxygens (including phenoxy) is 4. The number of nitrogens with one attached hydrogen (secondary N) is 2. The van der Waals surface area contributed by atoms with Crippen molar-refractivity contribution in [2.45, 2.75) is 0 Å². The topological polar surface area (TPSA) is 125 Å². The number of carbonyl (C=O) groups excluding carboxylic acids is 3. The summed E-state index contributed by atoms with van der Waals surface area (Å²) in [6, 6.07) is 15.9. The Bertz CT molecular complexity index is 1330. The number of esters is 1. The van der Waals surface area contributed by atoms with E-state index in [0.717, 1.165) is 0 Å². The largest absolute Gasteiger partial charge is 0.493 e. The van der Waals surface area contributed by atoms with Gasteiger partial charge in [0.25, 0.3) is 11.8 Å². The van der Waals surface area contributed by atoms with E-state index >= 15 is 0 Å².